The first-order valence-corrected chi connectivity index (χ1v) is 5.27. The Labute approximate surface area is 113 Å². The molecule has 0 amide bonds. The van der Waals surface area contributed by atoms with Crippen LogP contribution in [0, 0.1) is 29.1 Å². The Balaban J connectivity index is 2.26. The van der Waals surface area contributed by atoms with Gasteiger partial charge in [0, 0.05) is 0 Å². The summed E-state index contributed by atoms with van der Waals surface area (Å²) in [7, 11) is 0. The molecule has 0 spiro atoms. The molecule has 1 aromatic carbocycles. The van der Waals surface area contributed by atoms with Gasteiger partial charge in [0.2, 0.25) is 29.1 Å². The van der Waals surface area contributed by atoms with Crippen molar-refractivity contribution in [1.29, 1.82) is 0 Å². The Kier molecular flexibility index (Phi) is 3.83. The number of halogens is 5. The second-order valence-electron chi connectivity index (χ2n) is 3.79. The van der Waals surface area contributed by atoms with Gasteiger partial charge in [0.15, 0.2) is 5.75 Å². The highest BCUT2D eigenvalue weighted by Crippen LogP contribution is 2.29. The zero-order valence-electron chi connectivity index (χ0n) is 9.92. The summed E-state index contributed by atoms with van der Waals surface area (Å²) < 4.78 is 74.3. The van der Waals surface area contributed by atoms with Crippen molar-refractivity contribution in [2.75, 3.05) is 0 Å². The van der Waals surface area contributed by atoms with Crippen LogP contribution in [0.5, 0.6) is 5.75 Å². The van der Waals surface area contributed by atoms with Gasteiger partial charge >= 0.3 is 5.97 Å². The first-order chi connectivity index (χ1) is 9.82. The van der Waals surface area contributed by atoms with Crippen molar-refractivity contribution in [2.24, 2.45) is 0 Å². The van der Waals surface area contributed by atoms with Gasteiger partial charge in [-0.05, 0) is 6.07 Å². The number of ether oxygens (including phenoxy) is 1. The molecule has 0 aliphatic rings. The van der Waals surface area contributed by atoms with Crippen LogP contribution in [-0.4, -0.2) is 11.1 Å². The molecule has 4 nitrogen and oxygen atoms in total. The standard InChI is InChI=1S/C12H5F5O4/c13-6-7(14)9(16)11(10(17)8(6)15)21-3-5-1-4(2-20-5)12(18)19/h1-2H,3H2,(H,18,19). The molecule has 21 heavy (non-hydrogen) atoms. The van der Waals surface area contributed by atoms with Gasteiger partial charge in [0.1, 0.15) is 18.6 Å². The van der Waals surface area contributed by atoms with E-state index in [2.05, 4.69) is 4.74 Å². The fourth-order valence-electron chi connectivity index (χ4n) is 1.42. The second kappa shape index (κ2) is 5.43. The van der Waals surface area contributed by atoms with E-state index in [1.807, 2.05) is 0 Å². The van der Waals surface area contributed by atoms with Gasteiger partial charge in [0.05, 0.1) is 5.56 Å². The third-order valence-corrected chi connectivity index (χ3v) is 2.43. The molecule has 2 aromatic rings. The minimum absolute atomic E-state index is 0.170. The van der Waals surface area contributed by atoms with Crippen LogP contribution in [0.2, 0.25) is 0 Å². The van der Waals surface area contributed by atoms with Gasteiger partial charge in [-0.15, -0.1) is 0 Å². The van der Waals surface area contributed by atoms with Gasteiger partial charge < -0.3 is 14.3 Å². The van der Waals surface area contributed by atoms with Crippen LogP contribution >= 0.6 is 0 Å². The quantitative estimate of drug-likeness (QED) is 0.535. The Morgan fingerprint density at radius 3 is 2.05 bits per heavy atom. The summed E-state index contributed by atoms with van der Waals surface area (Å²) in [5, 5.41) is 8.61. The van der Waals surface area contributed by atoms with Crippen molar-refractivity contribution >= 4 is 5.97 Å². The number of carbonyl (C=O) groups is 1. The maximum Gasteiger partial charge on any atom is 0.338 e. The molecule has 0 fully saturated rings. The summed E-state index contributed by atoms with van der Waals surface area (Å²) in [4.78, 5) is 10.6. The highest BCUT2D eigenvalue weighted by molar-refractivity contribution is 5.87. The maximum atomic E-state index is 13.3. The van der Waals surface area contributed by atoms with Crippen LogP contribution in [0.15, 0.2) is 16.7 Å². The lowest BCUT2D eigenvalue weighted by Crippen LogP contribution is -2.06. The average molecular weight is 308 g/mol. The summed E-state index contributed by atoms with van der Waals surface area (Å²) in [5.41, 5.74) is -0.258. The van der Waals surface area contributed by atoms with E-state index < -0.39 is 47.4 Å². The van der Waals surface area contributed by atoms with Crippen LogP contribution in [0.3, 0.4) is 0 Å². The van der Waals surface area contributed by atoms with Gasteiger partial charge in [-0.25, -0.2) is 18.0 Å². The lowest BCUT2D eigenvalue weighted by molar-refractivity contribution is 0.0696. The largest absolute Gasteiger partial charge is 0.479 e. The highest BCUT2D eigenvalue weighted by atomic mass is 19.2. The molecular weight excluding hydrogens is 303 g/mol. The number of carboxylic acid groups (broad SMARTS) is 1. The van der Waals surface area contributed by atoms with Crippen LogP contribution < -0.4 is 4.74 Å². The number of hydrogen-bond donors (Lipinski definition) is 1. The Morgan fingerprint density at radius 1 is 1.05 bits per heavy atom. The molecular formula is C12H5F5O4. The molecule has 1 aromatic heterocycles. The van der Waals surface area contributed by atoms with Crippen molar-refractivity contribution in [3.63, 3.8) is 0 Å². The van der Waals surface area contributed by atoms with Crippen LogP contribution in [0.25, 0.3) is 0 Å². The van der Waals surface area contributed by atoms with Gasteiger partial charge in [-0.3, -0.25) is 0 Å². The van der Waals surface area contributed by atoms with Gasteiger partial charge in [0.25, 0.3) is 0 Å². The third-order valence-electron chi connectivity index (χ3n) is 2.43. The fourth-order valence-corrected chi connectivity index (χ4v) is 1.42. The molecule has 2 rings (SSSR count). The normalized spacial score (nSPS) is 10.7. The number of hydrogen-bond acceptors (Lipinski definition) is 3. The van der Waals surface area contributed by atoms with Crippen molar-refractivity contribution in [1.82, 2.24) is 0 Å². The van der Waals surface area contributed by atoms with E-state index in [0.29, 0.717) is 0 Å². The predicted octanol–water partition coefficient (Wildman–Crippen LogP) is 3.25. The number of benzene rings is 1. The molecule has 1 N–H and O–H groups in total. The number of furan rings is 1. The molecule has 0 aliphatic heterocycles. The van der Waals surface area contributed by atoms with E-state index in [1.165, 1.54) is 0 Å². The molecule has 1 heterocycles. The van der Waals surface area contributed by atoms with E-state index >= 15 is 0 Å². The summed E-state index contributed by atoms with van der Waals surface area (Å²) in [6.07, 6.45) is 0.833. The van der Waals surface area contributed by atoms with Gasteiger partial charge in [-0.1, -0.05) is 0 Å². The van der Waals surface area contributed by atoms with Crippen molar-refractivity contribution in [3.05, 3.63) is 52.7 Å². The smallest absolute Gasteiger partial charge is 0.338 e. The Hall–Kier alpha value is -2.58. The zero-order chi connectivity index (χ0) is 15.7. The number of rotatable bonds is 4. The highest BCUT2D eigenvalue weighted by Gasteiger charge is 2.27. The Bertz CT molecular complexity index is 681. The van der Waals surface area contributed by atoms with E-state index in [4.69, 9.17) is 9.52 Å². The van der Waals surface area contributed by atoms with E-state index in [9.17, 15) is 26.7 Å². The first kappa shape index (κ1) is 14.8. The lowest BCUT2D eigenvalue weighted by Gasteiger charge is -2.08. The first-order valence-electron chi connectivity index (χ1n) is 5.27. The summed E-state index contributed by atoms with van der Waals surface area (Å²) >= 11 is 0. The fraction of sp³-hybridized carbons (Fsp3) is 0.0833. The Morgan fingerprint density at radius 2 is 1.57 bits per heavy atom. The van der Waals surface area contributed by atoms with Crippen molar-refractivity contribution in [2.45, 2.75) is 6.61 Å². The zero-order valence-corrected chi connectivity index (χ0v) is 9.92. The number of aromatic carboxylic acids is 1. The van der Waals surface area contributed by atoms with Crippen LogP contribution in [-0.2, 0) is 6.61 Å². The number of carboxylic acids is 1. The lowest BCUT2D eigenvalue weighted by atomic mass is 10.2. The molecule has 9 heteroatoms. The van der Waals surface area contributed by atoms with Crippen LogP contribution in [0.4, 0.5) is 22.0 Å². The summed E-state index contributed by atoms with van der Waals surface area (Å²) in [5.74, 6) is -13.8. The van der Waals surface area contributed by atoms with Crippen molar-refractivity contribution in [3.8, 4) is 5.75 Å². The molecule has 0 saturated heterocycles. The maximum absolute atomic E-state index is 13.3. The monoisotopic (exact) mass is 308 g/mol. The third kappa shape index (κ3) is 2.67. The van der Waals surface area contributed by atoms with Crippen LogP contribution in [0.1, 0.15) is 16.1 Å². The second-order valence-corrected chi connectivity index (χ2v) is 3.79. The molecule has 0 radical (unpaired) electrons. The topological polar surface area (TPSA) is 59.7 Å². The molecule has 0 bridgehead atoms. The SMILES string of the molecule is O=C(O)c1coc(COc2c(F)c(F)c(F)c(F)c2F)c1. The molecule has 0 atom stereocenters. The minimum atomic E-state index is -2.30. The predicted molar refractivity (Wildman–Crippen MR) is 56.2 cm³/mol. The van der Waals surface area contributed by atoms with E-state index in [-0.39, 0.29) is 11.3 Å². The molecule has 0 saturated carbocycles. The minimum Gasteiger partial charge on any atom is -0.479 e. The summed E-state index contributed by atoms with van der Waals surface area (Å²) in [6, 6.07) is 0.981. The molecule has 112 valence electrons. The van der Waals surface area contributed by atoms with Crippen molar-refractivity contribution < 1.29 is 41.0 Å². The van der Waals surface area contributed by atoms with E-state index in [0.717, 1.165) is 12.3 Å². The average Bonchev–Trinajstić information content (AvgIpc) is 2.92. The molecule has 0 unspecified atom stereocenters. The van der Waals surface area contributed by atoms with E-state index in [1.54, 1.807) is 0 Å². The molecule has 0 aliphatic carbocycles. The van der Waals surface area contributed by atoms with Gasteiger partial charge in [-0.2, -0.15) is 8.78 Å². The summed E-state index contributed by atoms with van der Waals surface area (Å²) in [6.45, 7) is -0.717.